The van der Waals surface area contributed by atoms with Crippen LogP contribution < -0.4 is 10.6 Å². The molecular weight excluding hydrogens is 304 g/mol. The molecular formula is C15H18N2O4S. The van der Waals surface area contributed by atoms with Gasteiger partial charge in [0.2, 0.25) is 5.91 Å². The second-order valence-corrected chi connectivity index (χ2v) is 6.07. The molecule has 3 N–H and O–H groups in total. The topological polar surface area (TPSA) is 95.5 Å². The van der Waals surface area contributed by atoms with Crippen molar-refractivity contribution < 1.29 is 19.5 Å². The summed E-state index contributed by atoms with van der Waals surface area (Å²) in [6.45, 7) is 1.96. The van der Waals surface area contributed by atoms with Gasteiger partial charge in [-0.1, -0.05) is 19.8 Å². The lowest BCUT2D eigenvalue weighted by Gasteiger charge is -2.18. The summed E-state index contributed by atoms with van der Waals surface area (Å²) >= 11 is 1.41. The molecule has 7 heteroatoms. The van der Waals surface area contributed by atoms with E-state index in [1.165, 1.54) is 11.8 Å². The highest BCUT2D eigenvalue weighted by Crippen LogP contribution is 2.31. The molecule has 2 rings (SSSR count). The molecule has 0 fully saturated rings. The van der Waals surface area contributed by atoms with Gasteiger partial charge in [-0.05, 0) is 24.6 Å². The molecule has 1 aliphatic rings. The normalized spacial score (nSPS) is 14.7. The molecule has 1 unspecified atom stereocenters. The van der Waals surface area contributed by atoms with Crippen molar-refractivity contribution in [2.24, 2.45) is 0 Å². The average Bonchev–Trinajstić information content (AvgIpc) is 2.50. The molecule has 0 bridgehead atoms. The first-order chi connectivity index (χ1) is 10.5. The van der Waals surface area contributed by atoms with Crippen LogP contribution in [0.5, 0.6) is 0 Å². The molecule has 1 aliphatic heterocycles. The van der Waals surface area contributed by atoms with Gasteiger partial charge in [0.15, 0.2) is 0 Å². The number of anilines is 1. The van der Waals surface area contributed by atoms with Crippen molar-refractivity contribution in [2.45, 2.75) is 37.1 Å². The molecule has 0 radical (unpaired) electrons. The zero-order valence-corrected chi connectivity index (χ0v) is 13.0. The number of carbonyl (C=O) groups is 3. The fraction of sp³-hybridized carbons (Fsp3) is 0.400. The molecule has 118 valence electrons. The lowest BCUT2D eigenvalue weighted by atomic mass is 10.1. The fourth-order valence-electron chi connectivity index (χ4n) is 2.13. The maximum atomic E-state index is 12.2. The van der Waals surface area contributed by atoms with Crippen LogP contribution >= 0.6 is 11.8 Å². The molecule has 0 saturated heterocycles. The minimum Gasteiger partial charge on any atom is -0.480 e. The van der Waals surface area contributed by atoms with Crippen LogP contribution in [0.1, 0.15) is 36.5 Å². The Balaban J connectivity index is 2.10. The van der Waals surface area contributed by atoms with E-state index in [-0.39, 0.29) is 5.91 Å². The molecule has 0 saturated carbocycles. The Bertz CT molecular complexity index is 603. The van der Waals surface area contributed by atoms with Crippen LogP contribution in [0.15, 0.2) is 23.1 Å². The van der Waals surface area contributed by atoms with E-state index < -0.39 is 17.9 Å². The largest absolute Gasteiger partial charge is 0.480 e. The molecule has 1 aromatic rings. The van der Waals surface area contributed by atoms with Gasteiger partial charge in [0, 0.05) is 10.5 Å². The number of amides is 2. The van der Waals surface area contributed by atoms with Crippen molar-refractivity contribution in [1.29, 1.82) is 0 Å². The van der Waals surface area contributed by atoms with E-state index in [0.717, 1.165) is 17.7 Å². The third-order valence-corrected chi connectivity index (χ3v) is 4.40. The van der Waals surface area contributed by atoms with E-state index in [1.807, 2.05) is 6.92 Å². The van der Waals surface area contributed by atoms with Crippen LogP contribution in [0.25, 0.3) is 0 Å². The first kappa shape index (κ1) is 16.4. The number of thioether (sulfide) groups is 1. The number of rotatable bonds is 6. The van der Waals surface area contributed by atoms with Gasteiger partial charge in [-0.2, -0.15) is 0 Å². The van der Waals surface area contributed by atoms with Crippen molar-refractivity contribution >= 4 is 35.2 Å². The Kier molecular flexibility index (Phi) is 5.43. The highest BCUT2D eigenvalue weighted by atomic mass is 32.2. The second kappa shape index (κ2) is 7.31. The minimum absolute atomic E-state index is 0.110. The molecule has 2 amide bonds. The van der Waals surface area contributed by atoms with E-state index in [0.29, 0.717) is 23.4 Å². The lowest BCUT2D eigenvalue weighted by molar-refractivity contribution is -0.139. The van der Waals surface area contributed by atoms with Crippen LogP contribution in [0, 0.1) is 0 Å². The maximum Gasteiger partial charge on any atom is 0.326 e. The van der Waals surface area contributed by atoms with Crippen LogP contribution in [0.2, 0.25) is 0 Å². The van der Waals surface area contributed by atoms with E-state index in [2.05, 4.69) is 10.6 Å². The number of hydrogen-bond acceptors (Lipinski definition) is 4. The predicted octanol–water partition coefficient (Wildman–Crippen LogP) is 2.10. The van der Waals surface area contributed by atoms with Gasteiger partial charge in [0.05, 0.1) is 11.4 Å². The van der Waals surface area contributed by atoms with Crippen molar-refractivity contribution in [2.75, 3.05) is 11.1 Å². The lowest BCUT2D eigenvalue weighted by Crippen LogP contribution is -2.40. The number of benzene rings is 1. The predicted molar refractivity (Wildman–Crippen MR) is 84.2 cm³/mol. The number of nitrogens with one attached hydrogen (secondary N) is 2. The summed E-state index contributed by atoms with van der Waals surface area (Å²) in [5, 5.41) is 14.4. The fourth-order valence-corrected chi connectivity index (χ4v) is 2.92. The quantitative estimate of drug-likeness (QED) is 0.745. The first-order valence-corrected chi connectivity index (χ1v) is 8.10. The average molecular weight is 322 g/mol. The molecule has 22 heavy (non-hydrogen) atoms. The van der Waals surface area contributed by atoms with Gasteiger partial charge in [-0.25, -0.2) is 4.79 Å². The molecule has 6 nitrogen and oxygen atoms in total. The molecule has 1 heterocycles. The van der Waals surface area contributed by atoms with Gasteiger partial charge >= 0.3 is 5.97 Å². The number of fused-ring (bicyclic) bond motifs is 1. The van der Waals surface area contributed by atoms with Crippen molar-refractivity contribution in [3.63, 3.8) is 0 Å². The molecule has 0 aromatic heterocycles. The maximum absolute atomic E-state index is 12.2. The third-order valence-electron chi connectivity index (χ3n) is 3.32. The van der Waals surface area contributed by atoms with Crippen molar-refractivity contribution in [3.8, 4) is 0 Å². The van der Waals surface area contributed by atoms with Crippen molar-refractivity contribution in [3.05, 3.63) is 23.8 Å². The third kappa shape index (κ3) is 4.00. The van der Waals surface area contributed by atoms with E-state index >= 15 is 0 Å². The van der Waals surface area contributed by atoms with Crippen LogP contribution in [-0.4, -0.2) is 34.7 Å². The van der Waals surface area contributed by atoms with Crippen LogP contribution in [0.4, 0.5) is 5.69 Å². The van der Waals surface area contributed by atoms with Crippen LogP contribution in [-0.2, 0) is 9.59 Å². The van der Waals surface area contributed by atoms with Gasteiger partial charge in [0.25, 0.3) is 5.91 Å². The Morgan fingerprint density at radius 2 is 2.23 bits per heavy atom. The number of carbonyl (C=O) groups excluding carboxylic acids is 2. The number of hydrogen-bond donors (Lipinski definition) is 3. The highest BCUT2D eigenvalue weighted by Gasteiger charge is 2.22. The van der Waals surface area contributed by atoms with E-state index in [4.69, 9.17) is 5.11 Å². The van der Waals surface area contributed by atoms with Gasteiger partial charge in [-0.15, -0.1) is 11.8 Å². The monoisotopic (exact) mass is 322 g/mol. The first-order valence-electron chi connectivity index (χ1n) is 7.11. The molecule has 1 atom stereocenters. The Morgan fingerprint density at radius 3 is 2.91 bits per heavy atom. The van der Waals surface area contributed by atoms with E-state index in [1.54, 1.807) is 18.2 Å². The van der Waals surface area contributed by atoms with Crippen LogP contribution in [0.3, 0.4) is 0 Å². The zero-order chi connectivity index (χ0) is 16.1. The molecule has 1 aromatic carbocycles. The summed E-state index contributed by atoms with van der Waals surface area (Å²) in [6.07, 6.45) is 1.99. The summed E-state index contributed by atoms with van der Waals surface area (Å²) < 4.78 is 0. The number of carboxylic acids is 1. The summed E-state index contributed by atoms with van der Waals surface area (Å²) in [4.78, 5) is 35.7. The molecule has 0 aliphatic carbocycles. The summed E-state index contributed by atoms with van der Waals surface area (Å²) in [5.41, 5.74) is 0.929. The Labute approximate surface area is 132 Å². The highest BCUT2D eigenvalue weighted by molar-refractivity contribution is 8.00. The van der Waals surface area contributed by atoms with Gasteiger partial charge < -0.3 is 15.7 Å². The zero-order valence-electron chi connectivity index (χ0n) is 12.2. The summed E-state index contributed by atoms with van der Waals surface area (Å²) in [6, 6.07) is 4.08. The Hall–Kier alpha value is -2.02. The second-order valence-electron chi connectivity index (χ2n) is 5.05. The summed E-state index contributed by atoms with van der Waals surface area (Å²) in [7, 11) is 0. The minimum atomic E-state index is -1.04. The number of aliphatic carboxylic acids is 1. The number of carboxylic acid groups (broad SMARTS) is 1. The number of unbranched alkanes of at least 4 members (excludes halogenated alkanes) is 1. The molecule has 0 spiro atoms. The van der Waals surface area contributed by atoms with Crippen molar-refractivity contribution in [1.82, 2.24) is 5.32 Å². The summed E-state index contributed by atoms with van der Waals surface area (Å²) in [5.74, 6) is -1.24. The Morgan fingerprint density at radius 1 is 1.45 bits per heavy atom. The smallest absolute Gasteiger partial charge is 0.326 e. The standard InChI is InChI=1S/C15H18N2O4S/c1-2-3-4-10(15(20)21)17-14(19)9-5-6-12-11(7-9)16-13(18)8-22-12/h5-7,10H,2-4,8H2,1H3,(H,16,18)(H,17,19)(H,20,21). The van der Waals surface area contributed by atoms with Gasteiger partial charge in [-0.3, -0.25) is 9.59 Å². The SMILES string of the molecule is CCCCC(NC(=O)c1ccc2c(c1)NC(=O)CS2)C(=O)O. The van der Waals surface area contributed by atoms with E-state index in [9.17, 15) is 14.4 Å². The van der Waals surface area contributed by atoms with Gasteiger partial charge in [0.1, 0.15) is 6.04 Å².